The second-order valence-corrected chi connectivity index (χ2v) is 8.45. The fourth-order valence-corrected chi connectivity index (χ4v) is 3.87. The zero-order valence-corrected chi connectivity index (χ0v) is 20.1. The highest BCUT2D eigenvalue weighted by Crippen LogP contribution is 2.29. The van der Waals surface area contributed by atoms with E-state index in [1.807, 2.05) is 0 Å². The second-order valence-electron chi connectivity index (χ2n) is 8.45. The van der Waals surface area contributed by atoms with Crippen LogP contribution in [0.15, 0.2) is 52.1 Å². The molecule has 1 heterocycles. The minimum Gasteiger partial charge on any atom is -0.352 e. The van der Waals surface area contributed by atoms with Crippen LogP contribution < -0.4 is 21.9 Å². The van der Waals surface area contributed by atoms with Crippen LogP contribution in [-0.4, -0.2) is 27.5 Å². The standard InChI is InChI=1S/C25H27F3N4O4/c1-4-31-20-11-10-18(13-19(20)23(35)32(5-2)24(31)36)30-21(33)12-15(3)14-29-22(34)16-6-8-17(9-7-16)25(26,27)28/h6-11,13,15H,4-5,12,14H2,1-3H3,(H,29,34)(H,30,33). The molecule has 192 valence electrons. The summed E-state index contributed by atoms with van der Waals surface area (Å²) in [6, 6.07) is 8.63. The van der Waals surface area contributed by atoms with Crippen LogP contribution in [0.5, 0.6) is 0 Å². The first-order chi connectivity index (χ1) is 17.0. The lowest BCUT2D eigenvalue weighted by Crippen LogP contribution is -2.39. The summed E-state index contributed by atoms with van der Waals surface area (Å²) < 4.78 is 40.6. The molecule has 0 saturated heterocycles. The highest BCUT2D eigenvalue weighted by atomic mass is 19.4. The van der Waals surface area contributed by atoms with Crippen molar-refractivity contribution < 1.29 is 22.8 Å². The fraction of sp³-hybridized carbons (Fsp3) is 0.360. The van der Waals surface area contributed by atoms with Crippen molar-refractivity contribution in [1.29, 1.82) is 0 Å². The first-order valence-corrected chi connectivity index (χ1v) is 11.5. The number of amides is 2. The zero-order chi connectivity index (χ0) is 26.6. The molecule has 3 rings (SSSR count). The van der Waals surface area contributed by atoms with Crippen molar-refractivity contribution in [3.05, 3.63) is 74.4 Å². The minimum absolute atomic E-state index is 0.0545. The van der Waals surface area contributed by atoms with Gasteiger partial charge in [-0.3, -0.25) is 23.5 Å². The van der Waals surface area contributed by atoms with Gasteiger partial charge in [-0.05, 0) is 62.2 Å². The summed E-state index contributed by atoms with van der Waals surface area (Å²) in [6.07, 6.45) is -4.43. The molecule has 0 radical (unpaired) electrons. The molecule has 0 aliphatic heterocycles. The van der Waals surface area contributed by atoms with Gasteiger partial charge in [-0.2, -0.15) is 13.2 Å². The molecule has 1 aromatic heterocycles. The van der Waals surface area contributed by atoms with Gasteiger partial charge in [-0.15, -0.1) is 0 Å². The van der Waals surface area contributed by atoms with E-state index in [0.717, 1.165) is 28.8 Å². The lowest BCUT2D eigenvalue weighted by molar-refractivity contribution is -0.137. The van der Waals surface area contributed by atoms with Gasteiger partial charge in [0.2, 0.25) is 5.91 Å². The highest BCUT2D eigenvalue weighted by Gasteiger charge is 2.30. The van der Waals surface area contributed by atoms with Crippen molar-refractivity contribution in [2.45, 2.75) is 46.5 Å². The van der Waals surface area contributed by atoms with Crippen molar-refractivity contribution in [2.75, 3.05) is 11.9 Å². The third-order valence-corrected chi connectivity index (χ3v) is 5.76. The average molecular weight is 505 g/mol. The van der Waals surface area contributed by atoms with Gasteiger partial charge < -0.3 is 10.6 Å². The molecule has 1 atom stereocenters. The topological polar surface area (TPSA) is 102 Å². The fourth-order valence-electron chi connectivity index (χ4n) is 3.87. The molecule has 8 nitrogen and oxygen atoms in total. The largest absolute Gasteiger partial charge is 0.416 e. The molecule has 2 aromatic carbocycles. The Labute approximate surface area is 204 Å². The Bertz CT molecular complexity index is 1390. The quantitative estimate of drug-likeness (QED) is 0.489. The molecule has 0 bridgehead atoms. The average Bonchev–Trinajstić information content (AvgIpc) is 2.83. The van der Waals surface area contributed by atoms with Gasteiger partial charge in [-0.25, -0.2) is 4.79 Å². The molecule has 0 spiro atoms. The Morgan fingerprint density at radius 1 is 0.972 bits per heavy atom. The Kier molecular flexibility index (Phi) is 8.01. The third kappa shape index (κ3) is 5.84. The number of nitrogens with zero attached hydrogens (tertiary/aromatic N) is 2. The number of alkyl halides is 3. The molecule has 0 aliphatic carbocycles. The lowest BCUT2D eigenvalue weighted by atomic mass is 10.1. The number of aromatic nitrogens is 2. The Hall–Kier alpha value is -3.89. The first-order valence-electron chi connectivity index (χ1n) is 11.5. The Morgan fingerprint density at radius 3 is 2.19 bits per heavy atom. The molecular formula is C25H27F3N4O4. The van der Waals surface area contributed by atoms with Gasteiger partial charge in [-0.1, -0.05) is 6.92 Å². The molecule has 11 heteroatoms. The van der Waals surface area contributed by atoms with E-state index in [1.54, 1.807) is 32.9 Å². The van der Waals surface area contributed by atoms with Gasteiger partial charge in [0.25, 0.3) is 11.5 Å². The Balaban J connectivity index is 1.63. The predicted molar refractivity (Wildman–Crippen MR) is 130 cm³/mol. The molecule has 0 saturated carbocycles. The number of benzene rings is 2. The maximum absolute atomic E-state index is 12.7. The SMILES string of the molecule is CCn1c(=O)c2cc(NC(=O)CC(C)CNC(=O)c3ccc(C(F)(F)F)cc3)ccc2n(CC)c1=O. The molecule has 0 fully saturated rings. The van der Waals surface area contributed by atoms with Crippen molar-refractivity contribution in [1.82, 2.24) is 14.5 Å². The zero-order valence-electron chi connectivity index (χ0n) is 20.1. The van der Waals surface area contributed by atoms with Gasteiger partial charge in [0, 0.05) is 37.3 Å². The van der Waals surface area contributed by atoms with E-state index in [4.69, 9.17) is 0 Å². The van der Waals surface area contributed by atoms with Crippen LogP contribution in [0.4, 0.5) is 18.9 Å². The predicted octanol–water partition coefficient (Wildman–Crippen LogP) is 3.62. The number of hydrogen-bond donors (Lipinski definition) is 2. The van der Waals surface area contributed by atoms with E-state index in [2.05, 4.69) is 10.6 Å². The molecule has 2 N–H and O–H groups in total. The summed E-state index contributed by atoms with van der Waals surface area (Å²) in [5.41, 5.74) is -0.702. The van der Waals surface area contributed by atoms with E-state index in [-0.39, 0.29) is 42.6 Å². The van der Waals surface area contributed by atoms with Crippen molar-refractivity contribution in [2.24, 2.45) is 5.92 Å². The molecule has 2 amide bonds. The summed E-state index contributed by atoms with van der Waals surface area (Å²) in [7, 11) is 0. The van der Waals surface area contributed by atoms with Crippen LogP contribution in [0.3, 0.4) is 0 Å². The van der Waals surface area contributed by atoms with Gasteiger partial charge in [0.15, 0.2) is 0 Å². The van der Waals surface area contributed by atoms with Crippen molar-refractivity contribution >= 4 is 28.4 Å². The third-order valence-electron chi connectivity index (χ3n) is 5.76. The molecule has 36 heavy (non-hydrogen) atoms. The normalized spacial score (nSPS) is 12.4. The molecule has 1 unspecified atom stereocenters. The van der Waals surface area contributed by atoms with Crippen LogP contribution in [0, 0.1) is 5.92 Å². The summed E-state index contributed by atoms with van der Waals surface area (Å²) in [6.45, 7) is 6.00. The second kappa shape index (κ2) is 10.8. The highest BCUT2D eigenvalue weighted by molar-refractivity contribution is 5.95. The van der Waals surface area contributed by atoms with Crippen molar-refractivity contribution in [3.8, 4) is 0 Å². The lowest BCUT2D eigenvalue weighted by Gasteiger charge is -2.15. The maximum atomic E-state index is 12.7. The number of fused-ring (bicyclic) bond motifs is 1. The van der Waals surface area contributed by atoms with Gasteiger partial charge in [0.1, 0.15) is 0 Å². The number of hydrogen-bond acceptors (Lipinski definition) is 4. The molecular weight excluding hydrogens is 477 g/mol. The van der Waals surface area contributed by atoms with E-state index < -0.39 is 23.2 Å². The summed E-state index contributed by atoms with van der Waals surface area (Å²) in [5, 5.41) is 5.65. The molecule has 3 aromatic rings. The summed E-state index contributed by atoms with van der Waals surface area (Å²) in [4.78, 5) is 50.0. The van der Waals surface area contributed by atoms with Crippen LogP contribution in [0.1, 0.15) is 43.1 Å². The van der Waals surface area contributed by atoms with E-state index in [0.29, 0.717) is 23.1 Å². The Morgan fingerprint density at radius 2 is 1.61 bits per heavy atom. The van der Waals surface area contributed by atoms with Crippen LogP contribution in [0.25, 0.3) is 10.9 Å². The van der Waals surface area contributed by atoms with Crippen LogP contribution >= 0.6 is 0 Å². The number of carbonyl (C=O) groups excluding carboxylic acids is 2. The number of anilines is 1. The number of rotatable bonds is 8. The van der Waals surface area contributed by atoms with Gasteiger partial charge in [0.05, 0.1) is 16.5 Å². The smallest absolute Gasteiger partial charge is 0.352 e. The van der Waals surface area contributed by atoms with Crippen LogP contribution in [-0.2, 0) is 24.1 Å². The van der Waals surface area contributed by atoms with Crippen LogP contribution in [0.2, 0.25) is 0 Å². The number of aryl methyl sites for hydroxylation is 1. The minimum atomic E-state index is -4.48. The van der Waals surface area contributed by atoms with Gasteiger partial charge >= 0.3 is 11.9 Å². The maximum Gasteiger partial charge on any atom is 0.416 e. The summed E-state index contributed by atoms with van der Waals surface area (Å²) in [5.74, 6) is -1.16. The van der Waals surface area contributed by atoms with Crippen molar-refractivity contribution in [3.63, 3.8) is 0 Å². The van der Waals surface area contributed by atoms with E-state index in [1.165, 1.54) is 10.6 Å². The summed E-state index contributed by atoms with van der Waals surface area (Å²) >= 11 is 0. The van der Waals surface area contributed by atoms with E-state index >= 15 is 0 Å². The van der Waals surface area contributed by atoms with E-state index in [9.17, 15) is 32.3 Å². The monoisotopic (exact) mass is 504 g/mol. The number of nitrogens with one attached hydrogen (secondary N) is 2. The molecule has 0 aliphatic rings. The number of halogens is 3. The number of carbonyl (C=O) groups is 2. The first kappa shape index (κ1) is 26.7.